The monoisotopic (exact) mass is 159 g/mol. The topological polar surface area (TPSA) is 67.4 Å². The van der Waals surface area contributed by atoms with E-state index in [4.69, 9.17) is 14.2 Å². The number of hydrogen-bond donors (Lipinski definition) is 1. The molecule has 1 aromatic heterocycles. The Morgan fingerprint density at radius 2 is 2.25 bits per heavy atom. The van der Waals surface area contributed by atoms with Gasteiger partial charge in [0.2, 0.25) is 0 Å². The van der Waals surface area contributed by atoms with Gasteiger partial charge in [-0.3, -0.25) is 0 Å². The van der Waals surface area contributed by atoms with Crippen LogP contribution in [0.15, 0.2) is 4.90 Å². The molecule has 1 heterocycles. The van der Waals surface area contributed by atoms with E-state index < -0.39 is 0 Å². The minimum absolute atomic E-state index is 0.0291. The van der Waals surface area contributed by atoms with Crippen LogP contribution in [-0.4, -0.2) is 29.6 Å². The van der Waals surface area contributed by atoms with Gasteiger partial charge in [-0.15, -0.1) is 0 Å². The van der Waals surface area contributed by atoms with Crippen LogP contribution in [0.3, 0.4) is 0 Å². The first-order valence-corrected chi connectivity index (χ1v) is 3.02. The van der Waals surface area contributed by atoms with Crippen molar-refractivity contribution < 1.29 is 0 Å². The van der Waals surface area contributed by atoms with Crippen molar-refractivity contribution in [3.05, 3.63) is 11.4 Å². The fraction of sp³-hybridized carbons (Fsp3) is 0.200. The zero-order valence-electron chi connectivity index (χ0n) is 6.31. The summed E-state index contributed by atoms with van der Waals surface area (Å²) in [4.78, 5) is 17.3. The molecule has 0 aliphatic rings. The molecule has 0 spiro atoms. The van der Waals surface area contributed by atoms with E-state index >= 15 is 0 Å². The zero-order chi connectivity index (χ0) is 8.97. The summed E-state index contributed by atoms with van der Waals surface area (Å²) < 4.78 is 0. The number of nitrogens with one attached hydrogen (secondary N) is 1. The van der Waals surface area contributed by atoms with Gasteiger partial charge in [0.25, 0.3) is 0 Å². The van der Waals surface area contributed by atoms with E-state index in [2.05, 4.69) is 30.0 Å². The maximum atomic E-state index is 6.65. The van der Waals surface area contributed by atoms with Crippen LogP contribution in [0.1, 0.15) is 0 Å². The summed E-state index contributed by atoms with van der Waals surface area (Å²) in [6, 6.07) is 0. The van der Waals surface area contributed by atoms with Crippen molar-refractivity contribution in [1.29, 1.82) is 0 Å². The van der Waals surface area contributed by atoms with Crippen LogP contribution >= 0.6 is 0 Å². The van der Waals surface area contributed by atoms with Crippen molar-refractivity contribution in [2.45, 2.75) is 0 Å². The first-order valence-electron chi connectivity index (χ1n) is 3.02. The predicted octanol–water partition coefficient (Wildman–Crippen LogP) is 0.448. The molecule has 1 rings (SSSR count). The number of anilines is 1. The van der Waals surface area contributed by atoms with E-state index in [-0.39, 0.29) is 17.8 Å². The van der Waals surface area contributed by atoms with Gasteiger partial charge in [0.1, 0.15) is 0 Å². The van der Waals surface area contributed by atoms with Gasteiger partial charge < -0.3 is 0 Å². The molecular weight excluding hydrogens is 155 g/mol. The minimum atomic E-state index is -0.0291. The van der Waals surface area contributed by atoms with E-state index in [1.807, 2.05) is 0 Å². The second kappa shape index (κ2) is 3.53. The number of aromatic nitrogens is 3. The standard InChI is InChI=1S/C5H4BN6/c1-7-3-9-4(8-2)11-5(10-3)12-6/h1H3,(H,7,9,10,11). The second-order valence-corrected chi connectivity index (χ2v) is 1.75. The van der Waals surface area contributed by atoms with Crippen molar-refractivity contribution in [3.8, 4) is 0 Å². The molecule has 0 aliphatic carbocycles. The maximum absolute atomic E-state index is 6.65. The Morgan fingerprint density at radius 1 is 1.50 bits per heavy atom. The Balaban J connectivity index is 3.21. The van der Waals surface area contributed by atoms with Crippen LogP contribution in [0.5, 0.6) is 0 Å². The molecule has 0 saturated carbocycles. The van der Waals surface area contributed by atoms with Gasteiger partial charge >= 0.3 is 69.1 Å². The van der Waals surface area contributed by atoms with E-state index in [1.54, 1.807) is 7.05 Å². The quantitative estimate of drug-likeness (QED) is 0.502. The van der Waals surface area contributed by atoms with Crippen LogP contribution in [0.4, 0.5) is 17.8 Å². The molecule has 0 amide bonds. The third-order valence-electron chi connectivity index (χ3n) is 1.05. The van der Waals surface area contributed by atoms with Crippen molar-refractivity contribution in [2.24, 2.45) is 4.90 Å². The third kappa shape index (κ3) is 1.60. The number of rotatable bonds is 2. The Kier molecular flexibility index (Phi) is 2.43. The van der Waals surface area contributed by atoms with E-state index in [0.717, 1.165) is 0 Å². The summed E-state index contributed by atoms with van der Waals surface area (Å²) in [6.45, 7) is 6.65. The predicted molar refractivity (Wildman–Crippen MR) is 43.5 cm³/mol. The molecule has 7 heteroatoms. The zero-order valence-corrected chi connectivity index (χ0v) is 6.31. The molecule has 12 heavy (non-hydrogen) atoms. The fourth-order valence-electron chi connectivity index (χ4n) is 0.573. The van der Waals surface area contributed by atoms with Crippen LogP contribution in [0, 0.1) is 6.57 Å². The normalized spacial score (nSPS) is 8.58. The van der Waals surface area contributed by atoms with Crippen molar-refractivity contribution in [3.63, 3.8) is 0 Å². The molecule has 0 aliphatic heterocycles. The number of nitrogens with zero attached hydrogens (tertiary/aromatic N) is 5. The summed E-state index contributed by atoms with van der Waals surface area (Å²) in [7, 11) is 6.57. The van der Waals surface area contributed by atoms with E-state index in [1.165, 1.54) is 0 Å². The molecule has 0 fully saturated rings. The summed E-state index contributed by atoms with van der Waals surface area (Å²) in [5.74, 6) is 0.291. The average molecular weight is 159 g/mol. The SMILES string of the molecule is [B]=Nc1nc([N+]#[C-])nc(NC)n1. The second-order valence-electron chi connectivity index (χ2n) is 1.75. The first kappa shape index (κ1) is 8.26. The Morgan fingerprint density at radius 3 is 2.75 bits per heavy atom. The molecule has 1 aromatic rings. The molecule has 57 valence electrons. The van der Waals surface area contributed by atoms with Gasteiger partial charge in [0.05, 0.1) is 0 Å². The molecular formula is C5H4BN6. The van der Waals surface area contributed by atoms with Crippen molar-refractivity contribution in [2.75, 3.05) is 12.4 Å². The molecule has 0 atom stereocenters. The fourth-order valence-corrected chi connectivity index (χ4v) is 0.573. The molecule has 0 aromatic carbocycles. The van der Waals surface area contributed by atoms with Gasteiger partial charge in [-0.05, 0) is 0 Å². The van der Waals surface area contributed by atoms with Gasteiger partial charge in [-0.2, -0.15) is 0 Å². The van der Waals surface area contributed by atoms with Crippen LogP contribution < -0.4 is 5.32 Å². The van der Waals surface area contributed by atoms with Crippen LogP contribution in [-0.2, 0) is 0 Å². The Labute approximate surface area is 70.0 Å². The number of hydrogen-bond acceptors (Lipinski definition) is 5. The molecule has 1 radical (unpaired) electrons. The Hall–Kier alpha value is -1.84. The van der Waals surface area contributed by atoms with Gasteiger partial charge in [0, 0.05) is 0 Å². The molecule has 1 N–H and O–H groups in total. The Bertz CT molecular complexity index is 342. The average Bonchev–Trinajstić information content (AvgIpc) is 2.16. The third-order valence-corrected chi connectivity index (χ3v) is 1.05. The summed E-state index contributed by atoms with van der Waals surface area (Å²) in [6.07, 6.45) is 0. The van der Waals surface area contributed by atoms with Crippen LogP contribution in [0.2, 0.25) is 0 Å². The summed E-state index contributed by atoms with van der Waals surface area (Å²) >= 11 is 0. The van der Waals surface area contributed by atoms with E-state index in [0.29, 0.717) is 0 Å². The molecule has 0 unspecified atom stereocenters. The molecule has 0 saturated heterocycles. The molecule has 0 bridgehead atoms. The van der Waals surface area contributed by atoms with Gasteiger partial charge in [0.15, 0.2) is 0 Å². The van der Waals surface area contributed by atoms with Gasteiger partial charge in [-0.1, -0.05) is 0 Å². The summed E-state index contributed by atoms with van der Waals surface area (Å²) in [5, 5.41) is 2.66. The first-order chi connectivity index (χ1) is 5.80. The van der Waals surface area contributed by atoms with Gasteiger partial charge in [-0.25, -0.2) is 0 Å². The van der Waals surface area contributed by atoms with Crippen LogP contribution in [0.25, 0.3) is 4.85 Å². The van der Waals surface area contributed by atoms with E-state index in [9.17, 15) is 0 Å². The van der Waals surface area contributed by atoms with Crippen molar-refractivity contribution in [1.82, 2.24) is 15.0 Å². The molecule has 6 nitrogen and oxygen atoms in total. The summed E-state index contributed by atoms with van der Waals surface area (Å²) in [5.41, 5.74) is 0. The van der Waals surface area contributed by atoms with Crippen molar-refractivity contribution >= 4 is 25.5 Å².